The Morgan fingerprint density at radius 2 is 1.92 bits per heavy atom. The molecule has 0 amide bonds. The zero-order valence-corrected chi connectivity index (χ0v) is 14.9. The van der Waals surface area contributed by atoms with E-state index in [-0.39, 0.29) is 22.6 Å². The van der Waals surface area contributed by atoms with Gasteiger partial charge in [-0.1, -0.05) is 15.9 Å². The van der Waals surface area contributed by atoms with Gasteiger partial charge in [0.25, 0.3) is 0 Å². The van der Waals surface area contributed by atoms with Crippen molar-refractivity contribution in [2.24, 2.45) is 0 Å². The van der Waals surface area contributed by atoms with Crippen LogP contribution in [0.3, 0.4) is 0 Å². The maximum atomic E-state index is 13.7. The fourth-order valence-corrected chi connectivity index (χ4v) is 3.08. The summed E-state index contributed by atoms with van der Waals surface area (Å²) >= 11 is 3.23. The monoisotopic (exact) mass is 412 g/mol. The third kappa shape index (κ3) is 4.77. The number of halogens is 2. The number of hydrogen-bond donors (Lipinski definition) is 1. The summed E-state index contributed by atoms with van der Waals surface area (Å²) in [4.78, 5) is 0.0468. The van der Waals surface area contributed by atoms with E-state index in [9.17, 15) is 12.8 Å². The van der Waals surface area contributed by atoms with Crippen LogP contribution in [0.4, 0.5) is 4.39 Å². The number of nitrogens with zero attached hydrogens (tertiary/aromatic N) is 1. The van der Waals surface area contributed by atoms with Crippen LogP contribution in [0.2, 0.25) is 0 Å². The molecule has 0 aliphatic carbocycles. The molecule has 0 saturated carbocycles. The fraction of sp³-hybridized carbons (Fsp3) is 0.188. The highest BCUT2D eigenvalue weighted by Crippen LogP contribution is 2.17. The lowest BCUT2D eigenvalue weighted by atomic mass is 10.1. The van der Waals surface area contributed by atoms with Gasteiger partial charge in [-0.05, 0) is 42.5 Å². The minimum absolute atomic E-state index is 0.0468. The van der Waals surface area contributed by atoms with Gasteiger partial charge in [0.05, 0.1) is 23.1 Å². The molecule has 0 atom stereocenters. The number of nitriles is 1. The van der Waals surface area contributed by atoms with Crippen LogP contribution < -0.4 is 9.46 Å². The molecule has 0 spiro atoms. The average molecular weight is 413 g/mol. The Kier molecular flexibility index (Phi) is 6.31. The average Bonchev–Trinajstić information content (AvgIpc) is 2.59. The highest BCUT2D eigenvalue weighted by atomic mass is 79.9. The predicted molar refractivity (Wildman–Crippen MR) is 90.9 cm³/mol. The van der Waals surface area contributed by atoms with Crippen molar-refractivity contribution in [3.8, 4) is 11.8 Å². The van der Waals surface area contributed by atoms with Crippen LogP contribution in [-0.2, 0) is 16.6 Å². The quantitative estimate of drug-likeness (QED) is 0.708. The number of benzene rings is 2. The largest absolute Gasteiger partial charge is 0.493 e. The minimum atomic E-state index is -3.80. The standard InChI is InChI=1S/C16H14BrFN2O3S/c17-7-8-23-14-2-4-15(5-3-14)24(21,22)20-11-13-9-12(10-19)1-6-16(13)18/h1-6,9,20H,7-8,11H2. The van der Waals surface area contributed by atoms with Crippen LogP contribution in [0.15, 0.2) is 47.4 Å². The van der Waals surface area contributed by atoms with Crippen LogP contribution in [0, 0.1) is 17.1 Å². The van der Waals surface area contributed by atoms with E-state index in [0.717, 1.165) is 6.07 Å². The van der Waals surface area contributed by atoms with Gasteiger partial charge in [0.15, 0.2) is 0 Å². The first-order valence-corrected chi connectivity index (χ1v) is 9.54. The smallest absolute Gasteiger partial charge is 0.240 e. The third-order valence-electron chi connectivity index (χ3n) is 3.11. The summed E-state index contributed by atoms with van der Waals surface area (Å²) in [7, 11) is -3.80. The number of hydrogen-bond acceptors (Lipinski definition) is 4. The van der Waals surface area contributed by atoms with Gasteiger partial charge in [0, 0.05) is 17.4 Å². The minimum Gasteiger partial charge on any atom is -0.493 e. The Balaban J connectivity index is 2.10. The molecule has 126 valence electrons. The first-order chi connectivity index (χ1) is 11.5. The maximum Gasteiger partial charge on any atom is 0.240 e. The molecule has 0 aromatic heterocycles. The van der Waals surface area contributed by atoms with E-state index in [0.29, 0.717) is 17.7 Å². The van der Waals surface area contributed by atoms with Gasteiger partial charge in [0.1, 0.15) is 11.6 Å². The van der Waals surface area contributed by atoms with Gasteiger partial charge < -0.3 is 4.74 Å². The first kappa shape index (κ1) is 18.4. The highest BCUT2D eigenvalue weighted by molar-refractivity contribution is 9.09. The third-order valence-corrected chi connectivity index (χ3v) is 4.85. The topological polar surface area (TPSA) is 79.2 Å². The van der Waals surface area contributed by atoms with E-state index >= 15 is 0 Å². The lowest BCUT2D eigenvalue weighted by Gasteiger charge is -2.09. The molecule has 2 aromatic rings. The number of ether oxygens (including phenoxy) is 1. The van der Waals surface area contributed by atoms with E-state index < -0.39 is 15.8 Å². The van der Waals surface area contributed by atoms with Crippen LogP contribution in [-0.4, -0.2) is 20.4 Å². The Hall–Kier alpha value is -1.95. The molecule has 2 aromatic carbocycles. The van der Waals surface area contributed by atoms with Crippen molar-refractivity contribution in [3.05, 3.63) is 59.4 Å². The number of sulfonamides is 1. The zero-order valence-electron chi connectivity index (χ0n) is 12.5. The van der Waals surface area contributed by atoms with Gasteiger partial charge in [-0.2, -0.15) is 5.26 Å². The van der Waals surface area contributed by atoms with Crippen molar-refractivity contribution in [1.29, 1.82) is 5.26 Å². The maximum absolute atomic E-state index is 13.7. The molecular formula is C16H14BrFN2O3S. The van der Waals surface area contributed by atoms with Gasteiger partial charge in [-0.25, -0.2) is 17.5 Å². The van der Waals surface area contributed by atoms with Crippen molar-refractivity contribution >= 4 is 26.0 Å². The molecule has 24 heavy (non-hydrogen) atoms. The van der Waals surface area contributed by atoms with Crippen molar-refractivity contribution in [2.75, 3.05) is 11.9 Å². The molecule has 0 fully saturated rings. The van der Waals surface area contributed by atoms with Crippen LogP contribution in [0.1, 0.15) is 11.1 Å². The summed E-state index contributed by atoms with van der Waals surface area (Å²) < 4.78 is 45.9. The number of nitrogens with one attached hydrogen (secondary N) is 1. The first-order valence-electron chi connectivity index (χ1n) is 6.93. The molecule has 0 saturated heterocycles. The lowest BCUT2D eigenvalue weighted by molar-refractivity contribution is 0.345. The summed E-state index contributed by atoms with van der Waals surface area (Å²) in [6.07, 6.45) is 0. The Morgan fingerprint density at radius 1 is 1.21 bits per heavy atom. The van der Waals surface area contributed by atoms with Crippen molar-refractivity contribution < 1.29 is 17.5 Å². The molecule has 0 bridgehead atoms. The normalized spacial score (nSPS) is 11.0. The predicted octanol–water partition coefficient (Wildman–Crippen LogP) is 2.95. The molecule has 1 N–H and O–H groups in total. The van der Waals surface area contributed by atoms with Gasteiger partial charge in [-0.3, -0.25) is 0 Å². The van der Waals surface area contributed by atoms with Gasteiger partial charge in [0.2, 0.25) is 10.0 Å². The van der Waals surface area contributed by atoms with Crippen LogP contribution in [0.25, 0.3) is 0 Å². The molecule has 0 radical (unpaired) electrons. The summed E-state index contributed by atoms with van der Waals surface area (Å²) in [6.45, 7) is 0.227. The second-order valence-corrected chi connectivity index (χ2v) is 7.31. The van der Waals surface area contributed by atoms with E-state index in [1.807, 2.05) is 6.07 Å². The molecular weight excluding hydrogens is 399 g/mol. The molecule has 0 aliphatic rings. The van der Waals surface area contributed by atoms with Crippen molar-refractivity contribution in [2.45, 2.75) is 11.4 Å². The molecule has 0 unspecified atom stereocenters. The van der Waals surface area contributed by atoms with Crippen LogP contribution >= 0.6 is 15.9 Å². The molecule has 2 rings (SSSR count). The fourth-order valence-electron chi connectivity index (χ4n) is 1.91. The molecule has 0 heterocycles. The second-order valence-electron chi connectivity index (χ2n) is 4.75. The Labute approximate surface area is 148 Å². The Morgan fingerprint density at radius 3 is 2.54 bits per heavy atom. The summed E-state index contributed by atoms with van der Waals surface area (Å²) in [6, 6.07) is 11.6. The van der Waals surface area contributed by atoms with Crippen LogP contribution in [0.5, 0.6) is 5.75 Å². The lowest BCUT2D eigenvalue weighted by Crippen LogP contribution is -2.23. The van der Waals surface area contributed by atoms with Gasteiger partial charge >= 0.3 is 0 Å². The van der Waals surface area contributed by atoms with E-state index in [4.69, 9.17) is 10.00 Å². The van der Waals surface area contributed by atoms with Crippen molar-refractivity contribution in [3.63, 3.8) is 0 Å². The number of alkyl halides is 1. The second kappa shape index (κ2) is 8.24. The van der Waals surface area contributed by atoms with E-state index in [2.05, 4.69) is 20.7 Å². The van der Waals surface area contributed by atoms with E-state index in [1.54, 1.807) is 12.1 Å². The SMILES string of the molecule is N#Cc1ccc(F)c(CNS(=O)(=O)c2ccc(OCCBr)cc2)c1. The Bertz CT molecular complexity index is 849. The molecule has 0 aliphatic heterocycles. The zero-order chi connectivity index (χ0) is 17.6. The molecule has 8 heteroatoms. The van der Waals surface area contributed by atoms with E-state index in [1.165, 1.54) is 24.3 Å². The highest BCUT2D eigenvalue weighted by Gasteiger charge is 2.15. The number of rotatable bonds is 7. The summed E-state index contributed by atoms with van der Waals surface area (Å²) in [5, 5.41) is 9.49. The molecule has 5 nitrogen and oxygen atoms in total. The van der Waals surface area contributed by atoms with Crippen molar-refractivity contribution in [1.82, 2.24) is 4.72 Å². The summed E-state index contributed by atoms with van der Waals surface area (Å²) in [5.41, 5.74) is 0.369. The summed E-state index contributed by atoms with van der Waals surface area (Å²) in [5.74, 6) is -0.0172. The van der Waals surface area contributed by atoms with Gasteiger partial charge in [-0.15, -0.1) is 0 Å².